The van der Waals surface area contributed by atoms with Gasteiger partial charge in [-0.25, -0.2) is 0 Å². The fourth-order valence-corrected chi connectivity index (χ4v) is 16.9. The number of rotatable bonds is 16. The molecule has 0 N–H and O–H groups in total. The summed E-state index contributed by atoms with van der Waals surface area (Å²) in [7, 11) is -4.95. The molecule has 0 aliphatic carbocycles. The first kappa shape index (κ1) is 45.4. The molecule has 8 heteroatoms. The first-order chi connectivity index (χ1) is 28.0. The van der Waals surface area contributed by atoms with Crippen molar-refractivity contribution >= 4 is 92.3 Å². The van der Waals surface area contributed by atoms with E-state index in [1.807, 2.05) is 54.6 Å². The maximum Gasteiger partial charge on any atom is 0.329 e. The highest BCUT2D eigenvalue weighted by atomic mass is 79.9. The Hall–Kier alpha value is -4.70. The molecule has 0 bridgehead atoms. The molecule has 0 unspecified atom stereocenters. The number of carbonyl (C=O) groups is 2. The second kappa shape index (κ2) is 21.5. The normalized spacial score (nSPS) is 11.3. The summed E-state index contributed by atoms with van der Waals surface area (Å²) in [4.78, 5) is 30.4. The standard InChI is InChI=1S/C51H48O4P2.2BrH/c1-2-54-49(52)51(50(53)55-42-24-10-3-11-25-42,38-40-56(43-26-12-4-13-27-43,44-28-14-5-15-29-44)45-30-16-6-17-31-45)39-41-57(46-32-18-7-19-33-46,47-34-20-8-21-35-47)48-36-22-9-23-37-48;;/h3-37H,2,38-41H2,1H3;2*1H/q+2;;. The highest BCUT2D eigenvalue weighted by molar-refractivity contribution is 8.93. The number of carbonyl (C=O) groups excluding carboxylic acids is 2. The minimum atomic E-state index is -2.48. The maximum absolute atomic E-state index is 15.3. The Morgan fingerprint density at radius 1 is 0.407 bits per heavy atom. The molecule has 0 fully saturated rings. The van der Waals surface area contributed by atoms with Crippen LogP contribution in [0.2, 0.25) is 0 Å². The second-order valence-electron chi connectivity index (χ2n) is 14.1. The van der Waals surface area contributed by atoms with E-state index in [0.717, 1.165) is 0 Å². The molecular weight excluding hydrogens is 898 g/mol. The van der Waals surface area contributed by atoms with Crippen LogP contribution in [0.3, 0.4) is 0 Å². The maximum atomic E-state index is 15.3. The summed E-state index contributed by atoms with van der Waals surface area (Å²) < 4.78 is 12.3. The quantitative estimate of drug-likeness (QED) is 0.0419. The van der Waals surface area contributed by atoms with Crippen LogP contribution in [0.15, 0.2) is 212 Å². The number of hydrogen-bond acceptors (Lipinski definition) is 4. The van der Waals surface area contributed by atoms with Gasteiger partial charge in [-0.1, -0.05) is 127 Å². The lowest BCUT2D eigenvalue weighted by molar-refractivity contribution is -0.167. The fourth-order valence-electron chi connectivity index (χ4n) is 8.06. The van der Waals surface area contributed by atoms with Crippen LogP contribution in [0.25, 0.3) is 0 Å². The highest BCUT2D eigenvalue weighted by Gasteiger charge is 2.57. The van der Waals surface area contributed by atoms with Crippen LogP contribution < -0.4 is 36.6 Å². The minimum absolute atomic E-state index is 0. The molecule has 0 spiro atoms. The van der Waals surface area contributed by atoms with Crippen LogP contribution in [0.1, 0.15) is 19.8 Å². The molecule has 0 aliphatic heterocycles. The highest BCUT2D eigenvalue weighted by Crippen LogP contribution is 2.60. The zero-order valence-corrected chi connectivity index (χ0v) is 38.3. The van der Waals surface area contributed by atoms with Crippen molar-refractivity contribution in [2.75, 3.05) is 18.9 Å². The summed E-state index contributed by atoms with van der Waals surface area (Å²) in [5.41, 5.74) is -1.65. The van der Waals surface area contributed by atoms with Crippen molar-refractivity contribution in [2.24, 2.45) is 5.41 Å². The van der Waals surface area contributed by atoms with Crippen LogP contribution in [0.5, 0.6) is 5.75 Å². The van der Waals surface area contributed by atoms with Gasteiger partial charge in [-0.15, -0.1) is 34.0 Å². The van der Waals surface area contributed by atoms with Crippen molar-refractivity contribution in [1.29, 1.82) is 0 Å². The van der Waals surface area contributed by atoms with Gasteiger partial charge in [-0.3, -0.25) is 9.59 Å². The van der Waals surface area contributed by atoms with Crippen molar-refractivity contribution in [3.8, 4) is 5.75 Å². The number of benzene rings is 7. The third kappa shape index (κ3) is 9.69. The van der Waals surface area contributed by atoms with E-state index in [1.54, 1.807) is 19.1 Å². The van der Waals surface area contributed by atoms with E-state index in [0.29, 0.717) is 18.1 Å². The lowest BCUT2D eigenvalue weighted by atomic mass is 9.82. The van der Waals surface area contributed by atoms with Gasteiger partial charge in [0.15, 0.2) is 5.41 Å². The summed E-state index contributed by atoms with van der Waals surface area (Å²) in [5.74, 6) is -0.751. The van der Waals surface area contributed by atoms with Crippen molar-refractivity contribution in [3.63, 3.8) is 0 Å². The lowest BCUT2D eigenvalue weighted by Gasteiger charge is -2.35. The van der Waals surface area contributed by atoms with Gasteiger partial charge >= 0.3 is 11.9 Å². The van der Waals surface area contributed by atoms with E-state index in [-0.39, 0.29) is 53.4 Å². The van der Waals surface area contributed by atoms with Crippen LogP contribution in [-0.2, 0) is 14.3 Å². The Labute approximate surface area is 371 Å². The molecule has 0 aliphatic rings. The van der Waals surface area contributed by atoms with Gasteiger partial charge in [0.05, 0.1) is 18.9 Å². The smallest absolute Gasteiger partial charge is 0.329 e. The molecule has 7 aromatic rings. The number of ether oxygens (including phenoxy) is 2. The van der Waals surface area contributed by atoms with E-state index in [2.05, 4.69) is 146 Å². The second-order valence-corrected chi connectivity index (χ2v) is 21.3. The molecule has 4 nitrogen and oxygen atoms in total. The van der Waals surface area contributed by atoms with Gasteiger partial charge in [0.1, 0.15) is 52.1 Å². The van der Waals surface area contributed by atoms with E-state index in [9.17, 15) is 0 Å². The predicted octanol–water partition coefficient (Wildman–Crippen LogP) is 10.1. The van der Waals surface area contributed by atoms with Gasteiger partial charge in [0.25, 0.3) is 0 Å². The fraction of sp³-hybridized carbons (Fsp3) is 0.137. The molecule has 0 amide bonds. The largest absolute Gasteiger partial charge is 0.465 e. The van der Waals surface area contributed by atoms with Crippen molar-refractivity contribution < 1.29 is 19.1 Å². The van der Waals surface area contributed by atoms with E-state index in [1.165, 1.54) is 31.8 Å². The van der Waals surface area contributed by atoms with Crippen molar-refractivity contribution in [2.45, 2.75) is 19.8 Å². The average Bonchev–Trinajstić information content (AvgIpc) is 3.28. The Morgan fingerprint density at radius 3 is 0.915 bits per heavy atom. The Kier molecular flexibility index (Phi) is 16.6. The number of halogens is 2. The summed E-state index contributed by atoms with van der Waals surface area (Å²) in [6.45, 7) is 1.93. The monoisotopic (exact) mass is 946 g/mol. The molecule has 7 rings (SSSR count). The van der Waals surface area contributed by atoms with Gasteiger partial charge in [0, 0.05) is 12.8 Å². The SMILES string of the molecule is Br.Br.CCOC(=O)C(CC[P+](c1ccccc1)(c1ccccc1)c1ccccc1)(CC[P+](c1ccccc1)(c1ccccc1)c1ccccc1)C(=O)Oc1ccccc1. The third-order valence-electron chi connectivity index (χ3n) is 10.9. The zero-order chi connectivity index (χ0) is 39.4. The molecule has 0 saturated heterocycles. The summed E-state index contributed by atoms with van der Waals surface area (Å²) in [6.07, 6.45) is 1.48. The van der Waals surface area contributed by atoms with Crippen LogP contribution in [0.4, 0.5) is 0 Å². The first-order valence-corrected chi connectivity index (χ1v) is 23.5. The molecule has 0 radical (unpaired) electrons. The molecule has 300 valence electrons. The first-order valence-electron chi connectivity index (χ1n) is 19.6. The minimum Gasteiger partial charge on any atom is -0.465 e. The van der Waals surface area contributed by atoms with Crippen molar-refractivity contribution in [3.05, 3.63) is 212 Å². The van der Waals surface area contributed by atoms with Gasteiger partial charge in [-0.2, -0.15) is 0 Å². The molecule has 0 aromatic heterocycles. The Morgan fingerprint density at radius 2 is 0.661 bits per heavy atom. The van der Waals surface area contributed by atoms with Crippen LogP contribution >= 0.6 is 48.5 Å². The topological polar surface area (TPSA) is 52.6 Å². The lowest BCUT2D eigenvalue weighted by Crippen LogP contribution is -2.47. The number of para-hydroxylation sites is 1. The molecular formula is C51H50Br2O4P2+2. The third-order valence-corrected chi connectivity index (χ3v) is 19.8. The average molecular weight is 949 g/mol. The Bertz CT molecular complexity index is 2000. The molecule has 0 atom stereocenters. The zero-order valence-electron chi connectivity index (χ0n) is 33.1. The Balaban J connectivity index is 0.00000331. The van der Waals surface area contributed by atoms with Crippen molar-refractivity contribution in [1.82, 2.24) is 0 Å². The van der Waals surface area contributed by atoms with Gasteiger partial charge in [-0.05, 0) is 91.9 Å². The summed E-state index contributed by atoms with van der Waals surface area (Å²) in [6, 6.07) is 72.6. The number of esters is 2. The van der Waals surface area contributed by atoms with E-state index >= 15 is 9.59 Å². The predicted molar refractivity (Wildman–Crippen MR) is 261 cm³/mol. The molecule has 59 heavy (non-hydrogen) atoms. The van der Waals surface area contributed by atoms with Crippen LogP contribution in [-0.4, -0.2) is 30.9 Å². The summed E-state index contributed by atoms with van der Waals surface area (Å²) in [5, 5.41) is 7.06. The molecule has 0 saturated carbocycles. The van der Waals surface area contributed by atoms with Gasteiger partial charge in [0.2, 0.25) is 0 Å². The van der Waals surface area contributed by atoms with E-state index in [4.69, 9.17) is 9.47 Å². The molecule has 7 aromatic carbocycles. The molecule has 0 heterocycles. The van der Waals surface area contributed by atoms with Gasteiger partial charge < -0.3 is 9.47 Å². The van der Waals surface area contributed by atoms with Crippen LogP contribution in [0, 0.1) is 5.41 Å². The summed E-state index contributed by atoms with van der Waals surface area (Å²) >= 11 is 0. The van der Waals surface area contributed by atoms with E-state index < -0.39 is 31.9 Å². The number of hydrogen-bond donors (Lipinski definition) is 0.